The van der Waals surface area contributed by atoms with E-state index in [1.807, 2.05) is 27.7 Å². The normalized spacial score (nSPS) is 20.1. The molecule has 13 heteroatoms. The van der Waals surface area contributed by atoms with Crippen molar-refractivity contribution in [1.29, 1.82) is 0 Å². The summed E-state index contributed by atoms with van der Waals surface area (Å²) in [6, 6.07) is -3.68. The quantitative estimate of drug-likeness (QED) is 0.133. The zero-order valence-corrected chi connectivity index (χ0v) is 30.5. The second-order valence-electron chi connectivity index (χ2n) is 15.3. The monoisotopic (exact) mass is 693 g/mol. The first-order chi connectivity index (χ1) is 22.5. The van der Waals surface area contributed by atoms with Crippen LogP contribution in [0.4, 0.5) is 4.79 Å². The highest BCUT2D eigenvalue weighted by Crippen LogP contribution is 2.35. The van der Waals surface area contributed by atoms with Crippen molar-refractivity contribution in [2.24, 2.45) is 11.3 Å². The first kappa shape index (κ1) is 39.5. The van der Waals surface area contributed by atoms with Crippen LogP contribution in [0.2, 0.25) is 0 Å². The number of sulfone groups is 1. The fourth-order valence-electron chi connectivity index (χ4n) is 7.01. The summed E-state index contributed by atoms with van der Waals surface area (Å²) >= 11 is 0. The van der Waals surface area contributed by atoms with Crippen LogP contribution >= 0.6 is 0 Å². The van der Waals surface area contributed by atoms with Crippen LogP contribution in [-0.2, 0) is 29.0 Å². The molecule has 3 saturated carbocycles. The number of hydrogen-bond donors (Lipinski definition) is 4. The third-order valence-electron chi connectivity index (χ3n) is 9.99. The number of carbonyl (C=O) groups excluding carboxylic acids is 5. The predicted octanol–water partition coefficient (Wildman–Crippen LogP) is 3.54. The van der Waals surface area contributed by atoms with E-state index in [9.17, 15) is 32.4 Å². The summed E-state index contributed by atoms with van der Waals surface area (Å²) in [5, 5.41) is 10.7. The Kier molecular flexibility index (Phi) is 14.1. The minimum atomic E-state index is -3.42. The maximum Gasteiger partial charge on any atom is 0.315 e. The summed E-state index contributed by atoms with van der Waals surface area (Å²) in [5.74, 6) is -2.45. The van der Waals surface area contributed by atoms with Crippen LogP contribution in [0.15, 0.2) is 12.7 Å². The summed E-state index contributed by atoms with van der Waals surface area (Å²) in [6.45, 7) is 12.8. The van der Waals surface area contributed by atoms with E-state index in [-0.39, 0.29) is 30.0 Å². The number of Topliss-reactive ketones (excluding diaryl/α,β-unsaturated/α-hetero) is 1. The van der Waals surface area contributed by atoms with Crippen molar-refractivity contribution >= 4 is 39.4 Å². The Morgan fingerprint density at radius 1 is 0.958 bits per heavy atom. The molecule has 3 fully saturated rings. The van der Waals surface area contributed by atoms with E-state index in [0.717, 1.165) is 44.9 Å². The summed E-state index contributed by atoms with van der Waals surface area (Å²) in [6.07, 6.45) is 10.9. The minimum absolute atomic E-state index is 0.113. The highest BCUT2D eigenvalue weighted by molar-refractivity contribution is 7.92. The second kappa shape index (κ2) is 17.1. The van der Waals surface area contributed by atoms with Crippen molar-refractivity contribution in [2.45, 2.75) is 147 Å². The lowest BCUT2D eigenvalue weighted by Gasteiger charge is -2.41. The molecular formula is C35H59N5O7S. The van der Waals surface area contributed by atoms with Gasteiger partial charge in [-0.2, -0.15) is 0 Å². The zero-order chi connectivity index (χ0) is 35.7. The van der Waals surface area contributed by atoms with Crippen molar-refractivity contribution < 1.29 is 32.4 Å². The largest absolute Gasteiger partial charge is 0.346 e. The first-order valence-corrected chi connectivity index (χ1v) is 19.6. The number of ketones is 1. The average molecular weight is 694 g/mol. The second-order valence-corrected chi connectivity index (χ2v) is 17.5. The molecule has 0 saturated heterocycles. The number of urea groups is 1. The van der Waals surface area contributed by atoms with Crippen LogP contribution in [0.3, 0.4) is 0 Å². The molecule has 48 heavy (non-hydrogen) atoms. The Morgan fingerprint density at radius 3 is 2.12 bits per heavy atom. The summed E-state index contributed by atoms with van der Waals surface area (Å²) in [5.41, 5.74) is -1.67. The molecule has 5 amide bonds. The Bertz CT molecular complexity index is 1280. The molecule has 4 N–H and O–H groups in total. The van der Waals surface area contributed by atoms with E-state index in [0.29, 0.717) is 38.5 Å². The molecule has 0 aromatic rings. The van der Waals surface area contributed by atoms with Gasteiger partial charge >= 0.3 is 6.03 Å². The van der Waals surface area contributed by atoms with Gasteiger partial charge in [-0.1, -0.05) is 78.7 Å². The number of hydrogen-bond acceptors (Lipinski definition) is 7. The molecule has 0 aromatic heterocycles. The van der Waals surface area contributed by atoms with Gasteiger partial charge in [-0.15, -0.1) is 6.58 Å². The fraction of sp³-hybridized carbons (Fsp3) is 0.800. The van der Waals surface area contributed by atoms with Gasteiger partial charge in [0, 0.05) is 13.1 Å². The molecule has 0 aromatic carbocycles. The lowest BCUT2D eigenvalue weighted by molar-refractivity contribution is -0.145. The smallest absolute Gasteiger partial charge is 0.315 e. The molecule has 3 aliphatic carbocycles. The lowest BCUT2D eigenvalue weighted by Crippen LogP contribution is -2.64. The van der Waals surface area contributed by atoms with Crippen molar-refractivity contribution in [1.82, 2.24) is 26.2 Å². The highest BCUT2D eigenvalue weighted by Gasteiger charge is 2.44. The van der Waals surface area contributed by atoms with E-state index in [2.05, 4.69) is 27.8 Å². The van der Waals surface area contributed by atoms with Crippen LogP contribution in [0.1, 0.15) is 118 Å². The van der Waals surface area contributed by atoms with Crippen molar-refractivity contribution in [3.05, 3.63) is 12.7 Å². The van der Waals surface area contributed by atoms with Crippen LogP contribution < -0.4 is 21.3 Å². The van der Waals surface area contributed by atoms with Crippen LogP contribution in [0.25, 0.3) is 0 Å². The van der Waals surface area contributed by atoms with Gasteiger partial charge in [-0.05, 0) is 56.8 Å². The van der Waals surface area contributed by atoms with Crippen LogP contribution in [-0.4, -0.2) is 90.6 Å². The molecular weight excluding hydrogens is 634 g/mol. The van der Waals surface area contributed by atoms with E-state index < -0.39 is 68.5 Å². The van der Waals surface area contributed by atoms with Crippen molar-refractivity contribution in [3.63, 3.8) is 0 Å². The first-order valence-electron chi connectivity index (χ1n) is 17.9. The van der Waals surface area contributed by atoms with Gasteiger partial charge < -0.3 is 26.2 Å². The van der Waals surface area contributed by atoms with Gasteiger partial charge in [0.25, 0.3) is 5.91 Å². The zero-order valence-electron chi connectivity index (χ0n) is 29.7. The fourth-order valence-corrected chi connectivity index (χ4v) is 9.42. The van der Waals surface area contributed by atoms with E-state index in [1.54, 1.807) is 6.92 Å². The third-order valence-corrected chi connectivity index (χ3v) is 12.4. The molecule has 3 aliphatic rings. The lowest BCUT2D eigenvalue weighted by atomic mass is 9.83. The van der Waals surface area contributed by atoms with Gasteiger partial charge in [0.15, 0.2) is 9.84 Å². The Hall–Kier alpha value is -2.96. The number of carbonyl (C=O) groups is 5. The topological polar surface area (TPSA) is 171 Å². The third kappa shape index (κ3) is 11.0. The SMILES string of the molecule is C=CCNC(=O)C(=O)C(CC1CC1)NC(=O)[C@H](C)N(CCC)C(=O)[C@@H](NC(=O)NC1(CS(=O)(=O)C2CCCC2)CCCCC1)C(C)(C)C. The number of nitrogens with zero attached hydrogens (tertiary/aromatic N) is 1. The van der Waals surface area contributed by atoms with Gasteiger partial charge in [-0.3, -0.25) is 19.2 Å². The molecule has 1 unspecified atom stereocenters. The van der Waals surface area contributed by atoms with Crippen molar-refractivity contribution in [2.75, 3.05) is 18.8 Å². The molecule has 0 heterocycles. The average Bonchev–Trinajstić information content (AvgIpc) is 3.65. The number of rotatable bonds is 17. The van der Waals surface area contributed by atoms with E-state index in [1.165, 1.54) is 11.0 Å². The van der Waals surface area contributed by atoms with Gasteiger partial charge in [0.05, 0.1) is 22.6 Å². The standard InChI is InChI=1S/C35H59N5O7S/c1-7-20-36-31(43)28(41)27(22-25-16-17-25)37-30(42)24(3)40(21-8-2)32(44)29(34(4,5)6)38-33(45)39-35(18-12-9-13-19-35)23-48(46,47)26-14-10-11-15-26/h7,24-27,29H,1,8-23H2,2-6H3,(H,36,43)(H,37,42)(H2,38,39,45)/t24-,27?,29+/m0/s1. The van der Waals surface area contributed by atoms with E-state index >= 15 is 0 Å². The van der Waals surface area contributed by atoms with Crippen LogP contribution in [0.5, 0.6) is 0 Å². The summed E-state index contributed by atoms with van der Waals surface area (Å²) in [7, 11) is -3.42. The molecule has 0 bridgehead atoms. The Balaban J connectivity index is 1.77. The maximum atomic E-state index is 14.2. The molecule has 3 atom stereocenters. The van der Waals surface area contributed by atoms with Gasteiger partial charge in [0.1, 0.15) is 12.1 Å². The minimum Gasteiger partial charge on any atom is -0.346 e. The molecule has 0 aliphatic heterocycles. The van der Waals surface area contributed by atoms with Gasteiger partial charge in [-0.25, -0.2) is 13.2 Å². The predicted molar refractivity (Wildman–Crippen MR) is 186 cm³/mol. The Labute approximate surface area is 287 Å². The molecule has 3 rings (SSSR count). The Morgan fingerprint density at radius 2 is 1.58 bits per heavy atom. The molecule has 0 radical (unpaired) electrons. The number of nitrogens with one attached hydrogen (secondary N) is 4. The maximum absolute atomic E-state index is 14.2. The highest BCUT2D eigenvalue weighted by atomic mass is 32.2. The molecule has 12 nitrogen and oxygen atoms in total. The summed E-state index contributed by atoms with van der Waals surface area (Å²) in [4.78, 5) is 68.4. The summed E-state index contributed by atoms with van der Waals surface area (Å²) < 4.78 is 26.8. The molecule has 0 spiro atoms. The number of amides is 5. The van der Waals surface area contributed by atoms with Gasteiger partial charge in [0.2, 0.25) is 17.6 Å². The van der Waals surface area contributed by atoms with Crippen LogP contribution in [0, 0.1) is 11.3 Å². The molecule has 272 valence electrons. The van der Waals surface area contributed by atoms with Crippen molar-refractivity contribution in [3.8, 4) is 0 Å². The van der Waals surface area contributed by atoms with E-state index in [4.69, 9.17) is 0 Å².